The highest BCUT2D eigenvalue weighted by Gasteiger charge is 2.29. The molecule has 1 aliphatic rings. The smallest absolute Gasteiger partial charge is 0.240 e. The van der Waals surface area contributed by atoms with E-state index >= 15 is 0 Å². The molecule has 1 heterocycles. The van der Waals surface area contributed by atoms with E-state index in [2.05, 4.69) is 34.2 Å². The predicted octanol–water partition coefficient (Wildman–Crippen LogP) is 0.921. The van der Waals surface area contributed by atoms with Crippen LogP contribution in [-0.4, -0.2) is 67.3 Å². The zero-order valence-corrected chi connectivity index (χ0v) is 19.6. The minimum Gasteiger partial charge on any atom is -0.370 e. The minimum absolute atomic E-state index is 0.000885. The van der Waals surface area contributed by atoms with Crippen molar-refractivity contribution < 1.29 is 14.4 Å². The maximum absolute atomic E-state index is 13.1. The lowest BCUT2D eigenvalue weighted by atomic mass is 10.1. The molecule has 0 saturated carbocycles. The Morgan fingerprint density at radius 3 is 2.75 bits per heavy atom. The third-order valence-electron chi connectivity index (χ3n) is 5.23. The second-order valence-electron chi connectivity index (χ2n) is 8.04. The highest BCUT2D eigenvalue weighted by atomic mass is 31.1. The number of nitrogens with two attached hydrogens (primary N) is 2. The molecule has 0 radical (unpaired) electrons. The molecule has 9 nitrogen and oxygen atoms in total. The summed E-state index contributed by atoms with van der Waals surface area (Å²) < 4.78 is 0. The quantitative estimate of drug-likeness (QED) is 0.120. The van der Waals surface area contributed by atoms with E-state index in [4.69, 9.17) is 11.5 Å². The van der Waals surface area contributed by atoms with Crippen LogP contribution < -0.4 is 21.9 Å². The van der Waals surface area contributed by atoms with Gasteiger partial charge in [-0.25, -0.2) is 0 Å². The molecule has 1 aromatic rings. The summed E-state index contributed by atoms with van der Waals surface area (Å²) in [5.41, 5.74) is 11.8. The van der Waals surface area contributed by atoms with Crippen molar-refractivity contribution in [3.63, 3.8) is 0 Å². The van der Waals surface area contributed by atoms with Gasteiger partial charge in [0.2, 0.25) is 11.8 Å². The molecule has 3 atom stereocenters. The zero-order chi connectivity index (χ0) is 23.3. The number of nitrogens with one attached hydrogen (secondary N) is 2. The maximum Gasteiger partial charge on any atom is 0.240 e. The van der Waals surface area contributed by atoms with E-state index in [9.17, 15) is 14.4 Å². The van der Waals surface area contributed by atoms with Crippen molar-refractivity contribution in [2.75, 3.05) is 26.3 Å². The van der Waals surface area contributed by atoms with Crippen molar-refractivity contribution in [1.29, 1.82) is 0 Å². The van der Waals surface area contributed by atoms with Crippen molar-refractivity contribution in [2.24, 2.45) is 16.5 Å². The van der Waals surface area contributed by atoms with Crippen LogP contribution in [0.5, 0.6) is 0 Å². The summed E-state index contributed by atoms with van der Waals surface area (Å²) >= 11 is 0. The first kappa shape index (κ1) is 25.7. The van der Waals surface area contributed by atoms with Crippen molar-refractivity contribution in [3.05, 3.63) is 35.9 Å². The number of rotatable bonds is 12. The average Bonchev–Trinajstić information content (AvgIpc) is 2.92. The summed E-state index contributed by atoms with van der Waals surface area (Å²) in [7, 11) is -0.560. The van der Waals surface area contributed by atoms with Crippen LogP contribution in [0.25, 0.3) is 0 Å². The summed E-state index contributed by atoms with van der Waals surface area (Å²) in [6.45, 7) is 3.02. The van der Waals surface area contributed by atoms with Gasteiger partial charge in [-0.1, -0.05) is 30.3 Å². The van der Waals surface area contributed by atoms with Crippen LogP contribution in [0.2, 0.25) is 0 Å². The van der Waals surface area contributed by atoms with Crippen LogP contribution >= 0.6 is 8.07 Å². The standard InChI is InChI=1S/C22H35N6O3P/c1-32(16-17-8-3-2-4-9-17)27-19-11-5-6-13-28(21(19)31)14-20(30)26-18(15-29)10-7-12-25-22(23)24/h2-4,8-9,15,18-19,27H,5-7,10-14,16H2,1H3,(H,26,30)(H4,23,24,25)/t18?,19-,32?/m0/s1. The molecule has 0 spiro atoms. The fraction of sp³-hybridized carbons (Fsp3) is 0.545. The maximum atomic E-state index is 13.1. The number of guanidine groups is 1. The zero-order valence-electron chi connectivity index (χ0n) is 18.7. The Bertz CT molecular complexity index is 772. The largest absolute Gasteiger partial charge is 0.370 e. The number of carbonyl (C=O) groups excluding carboxylic acids is 3. The second-order valence-corrected chi connectivity index (χ2v) is 10.0. The van der Waals surface area contributed by atoms with Crippen LogP contribution in [0, 0.1) is 0 Å². The van der Waals surface area contributed by atoms with E-state index in [1.165, 1.54) is 5.56 Å². The van der Waals surface area contributed by atoms with Crippen LogP contribution in [0.15, 0.2) is 35.3 Å². The van der Waals surface area contributed by atoms with Gasteiger partial charge in [0.1, 0.15) is 6.29 Å². The van der Waals surface area contributed by atoms with Gasteiger partial charge in [0.15, 0.2) is 5.96 Å². The first-order valence-corrected chi connectivity index (χ1v) is 13.0. The first-order valence-electron chi connectivity index (χ1n) is 11.0. The molecule has 0 bridgehead atoms. The summed E-state index contributed by atoms with van der Waals surface area (Å²) in [6.07, 6.45) is 5.14. The Morgan fingerprint density at radius 2 is 2.06 bits per heavy atom. The van der Waals surface area contributed by atoms with E-state index in [0.29, 0.717) is 32.2 Å². The molecule has 176 valence electrons. The van der Waals surface area contributed by atoms with Gasteiger partial charge in [-0.2, -0.15) is 0 Å². The van der Waals surface area contributed by atoms with Crippen molar-refractivity contribution in [3.8, 4) is 0 Å². The molecular formula is C22H35N6O3P. The molecule has 1 saturated heterocycles. The number of hydrogen-bond donors (Lipinski definition) is 4. The summed E-state index contributed by atoms with van der Waals surface area (Å²) in [6, 6.07) is 9.30. The number of nitrogens with zero attached hydrogens (tertiary/aromatic N) is 2. The predicted molar refractivity (Wildman–Crippen MR) is 128 cm³/mol. The Hall–Kier alpha value is -2.51. The molecule has 1 fully saturated rings. The molecule has 1 aliphatic heterocycles. The fourth-order valence-corrected chi connectivity index (χ4v) is 5.29. The Labute approximate surface area is 191 Å². The minimum atomic E-state index is -0.623. The van der Waals surface area contributed by atoms with Crippen LogP contribution in [0.4, 0.5) is 0 Å². The summed E-state index contributed by atoms with van der Waals surface area (Å²) in [5.74, 6) is -0.379. The third-order valence-corrected chi connectivity index (χ3v) is 6.82. The van der Waals surface area contributed by atoms with Gasteiger partial charge in [0, 0.05) is 19.3 Å². The number of likely N-dealkylation sites (tertiary alicyclic amines) is 1. The molecular weight excluding hydrogens is 427 g/mol. The van der Waals surface area contributed by atoms with Crippen LogP contribution in [-0.2, 0) is 20.5 Å². The number of carbonyl (C=O) groups is 3. The Balaban J connectivity index is 1.85. The van der Waals surface area contributed by atoms with Gasteiger partial charge >= 0.3 is 0 Å². The van der Waals surface area contributed by atoms with Crippen LogP contribution in [0.1, 0.15) is 37.7 Å². The van der Waals surface area contributed by atoms with Gasteiger partial charge in [-0.15, -0.1) is 0 Å². The number of aldehydes is 1. The van der Waals surface area contributed by atoms with Gasteiger partial charge < -0.3 is 26.5 Å². The van der Waals surface area contributed by atoms with E-state index in [1.807, 2.05) is 18.2 Å². The van der Waals surface area contributed by atoms with Gasteiger partial charge in [-0.05, 0) is 52.4 Å². The third kappa shape index (κ3) is 9.32. The number of aliphatic imine (C=N–C) groups is 1. The number of hydrogen-bond acceptors (Lipinski definition) is 5. The number of benzene rings is 1. The lowest BCUT2D eigenvalue weighted by Crippen LogP contribution is -2.49. The van der Waals surface area contributed by atoms with Crippen molar-refractivity contribution in [1.82, 2.24) is 15.3 Å². The molecule has 0 aromatic heterocycles. The lowest BCUT2D eigenvalue weighted by molar-refractivity contribution is -0.137. The van der Waals surface area contributed by atoms with Gasteiger partial charge in [0.25, 0.3) is 0 Å². The molecule has 6 N–H and O–H groups in total. The highest BCUT2D eigenvalue weighted by Crippen LogP contribution is 2.32. The molecule has 0 aliphatic carbocycles. The van der Waals surface area contributed by atoms with Crippen molar-refractivity contribution in [2.45, 2.75) is 50.3 Å². The first-order chi connectivity index (χ1) is 15.4. The monoisotopic (exact) mass is 462 g/mol. The summed E-state index contributed by atoms with van der Waals surface area (Å²) in [4.78, 5) is 42.4. The van der Waals surface area contributed by atoms with Crippen LogP contribution in [0.3, 0.4) is 0 Å². The highest BCUT2D eigenvalue weighted by molar-refractivity contribution is 7.53. The van der Waals surface area contributed by atoms with E-state index in [-0.39, 0.29) is 30.4 Å². The van der Waals surface area contributed by atoms with Gasteiger partial charge in [0.05, 0.1) is 18.6 Å². The Morgan fingerprint density at radius 1 is 1.31 bits per heavy atom. The topological polar surface area (TPSA) is 143 Å². The SMILES string of the molecule is CP(Cc1ccccc1)N[C@H]1CCCCN(CC(=O)NC(C=O)CCCN=C(N)N)C1=O. The van der Waals surface area contributed by atoms with E-state index in [0.717, 1.165) is 25.4 Å². The lowest BCUT2D eigenvalue weighted by Gasteiger charge is -2.27. The molecule has 2 unspecified atom stereocenters. The van der Waals surface area contributed by atoms with Gasteiger partial charge in [-0.3, -0.25) is 19.7 Å². The second kappa shape index (κ2) is 13.8. The van der Waals surface area contributed by atoms with Crippen molar-refractivity contribution >= 4 is 32.1 Å². The normalized spacial score (nSPS) is 18.3. The molecule has 10 heteroatoms. The average molecular weight is 463 g/mol. The van der Waals surface area contributed by atoms with E-state index < -0.39 is 14.1 Å². The van der Waals surface area contributed by atoms with E-state index in [1.54, 1.807) is 4.90 Å². The Kier molecular flexibility index (Phi) is 11.1. The number of amides is 2. The molecule has 1 aromatic carbocycles. The molecule has 2 amide bonds. The fourth-order valence-electron chi connectivity index (χ4n) is 3.67. The molecule has 2 rings (SSSR count). The summed E-state index contributed by atoms with van der Waals surface area (Å²) in [5, 5.41) is 6.21. The molecule has 32 heavy (non-hydrogen) atoms.